The Morgan fingerprint density at radius 2 is 2.00 bits per heavy atom. The Morgan fingerprint density at radius 1 is 1.42 bits per heavy atom. The molecule has 12 heavy (non-hydrogen) atoms. The summed E-state index contributed by atoms with van der Waals surface area (Å²) in [7, 11) is 0. The van der Waals surface area contributed by atoms with Crippen LogP contribution < -0.4 is 0 Å². The third kappa shape index (κ3) is 4.91. The third-order valence-electron chi connectivity index (χ3n) is 1.11. The molecule has 0 amide bonds. The zero-order chi connectivity index (χ0) is 9.61. The van der Waals surface area contributed by atoms with Crippen LogP contribution in [-0.4, -0.2) is 20.5 Å². The van der Waals surface area contributed by atoms with E-state index in [9.17, 15) is 5.11 Å². The van der Waals surface area contributed by atoms with Gasteiger partial charge in [0.25, 0.3) is 0 Å². The molecule has 0 spiro atoms. The average molecular weight is 170 g/mol. The fourth-order valence-corrected chi connectivity index (χ4v) is 0.790. The van der Waals surface area contributed by atoms with Crippen LogP contribution in [0.15, 0.2) is 18.5 Å². The van der Waals surface area contributed by atoms with E-state index in [0.29, 0.717) is 6.54 Å². The van der Waals surface area contributed by atoms with Crippen LogP contribution in [0.1, 0.15) is 27.7 Å². The van der Waals surface area contributed by atoms with Gasteiger partial charge in [0.2, 0.25) is 0 Å². The molecule has 0 unspecified atom stereocenters. The molecule has 0 saturated carbocycles. The lowest BCUT2D eigenvalue weighted by Crippen LogP contribution is -2.26. The maximum Gasteiger partial charge on any atom is 0.0786 e. The standard InChI is InChI=1S/C7H12N2O.C2H6/c1-7(2,10)6-9-5-3-4-8-9;1-2/h3-5,10H,6H2,1-2H3;1-2H3. The van der Waals surface area contributed by atoms with Gasteiger partial charge in [0.05, 0.1) is 12.1 Å². The summed E-state index contributed by atoms with van der Waals surface area (Å²) < 4.78 is 1.71. The van der Waals surface area contributed by atoms with Crippen molar-refractivity contribution in [1.82, 2.24) is 9.78 Å². The summed E-state index contributed by atoms with van der Waals surface area (Å²) in [5, 5.41) is 13.3. The molecule has 1 rings (SSSR count). The molecule has 0 saturated heterocycles. The van der Waals surface area contributed by atoms with E-state index in [-0.39, 0.29) is 0 Å². The van der Waals surface area contributed by atoms with Crippen molar-refractivity contribution < 1.29 is 5.11 Å². The van der Waals surface area contributed by atoms with Crippen LogP contribution in [0.2, 0.25) is 0 Å². The molecule has 1 aromatic heterocycles. The van der Waals surface area contributed by atoms with Crippen LogP contribution in [0.5, 0.6) is 0 Å². The van der Waals surface area contributed by atoms with Crippen molar-refractivity contribution >= 4 is 0 Å². The van der Waals surface area contributed by atoms with Gasteiger partial charge in [0.1, 0.15) is 0 Å². The van der Waals surface area contributed by atoms with Crippen LogP contribution in [0.25, 0.3) is 0 Å². The van der Waals surface area contributed by atoms with E-state index < -0.39 is 5.60 Å². The van der Waals surface area contributed by atoms with E-state index in [1.165, 1.54) is 0 Å². The number of hydrogen-bond donors (Lipinski definition) is 1. The van der Waals surface area contributed by atoms with Gasteiger partial charge in [-0.3, -0.25) is 4.68 Å². The highest BCUT2D eigenvalue weighted by atomic mass is 16.3. The molecule has 3 heteroatoms. The Hall–Kier alpha value is -0.830. The van der Waals surface area contributed by atoms with Crippen molar-refractivity contribution in [2.75, 3.05) is 0 Å². The quantitative estimate of drug-likeness (QED) is 0.733. The predicted molar refractivity (Wildman–Crippen MR) is 49.9 cm³/mol. The summed E-state index contributed by atoms with van der Waals surface area (Å²) in [5.41, 5.74) is -0.675. The zero-order valence-electron chi connectivity index (χ0n) is 8.28. The van der Waals surface area contributed by atoms with E-state index in [1.54, 1.807) is 24.7 Å². The molecule has 1 heterocycles. The minimum atomic E-state index is -0.675. The highest BCUT2D eigenvalue weighted by Crippen LogP contribution is 2.03. The first kappa shape index (κ1) is 11.2. The molecule has 70 valence electrons. The van der Waals surface area contributed by atoms with Crippen molar-refractivity contribution in [2.45, 2.75) is 39.8 Å². The van der Waals surface area contributed by atoms with E-state index in [2.05, 4.69) is 5.10 Å². The van der Waals surface area contributed by atoms with Crippen LogP contribution in [0.3, 0.4) is 0 Å². The molecule has 0 atom stereocenters. The Kier molecular flexibility index (Phi) is 4.59. The number of rotatable bonds is 2. The Morgan fingerprint density at radius 3 is 2.33 bits per heavy atom. The second-order valence-corrected chi connectivity index (χ2v) is 3.02. The van der Waals surface area contributed by atoms with Gasteiger partial charge in [0, 0.05) is 12.4 Å². The number of aromatic nitrogens is 2. The smallest absolute Gasteiger partial charge is 0.0786 e. The number of hydrogen-bond acceptors (Lipinski definition) is 2. The van der Waals surface area contributed by atoms with Crippen molar-refractivity contribution in [1.29, 1.82) is 0 Å². The zero-order valence-corrected chi connectivity index (χ0v) is 8.28. The fraction of sp³-hybridized carbons (Fsp3) is 0.667. The SMILES string of the molecule is CC.CC(C)(O)Cn1cccn1. The minimum Gasteiger partial charge on any atom is -0.389 e. The summed E-state index contributed by atoms with van der Waals surface area (Å²) >= 11 is 0. The number of aliphatic hydroxyl groups is 1. The van der Waals surface area contributed by atoms with Crippen molar-refractivity contribution in [3.05, 3.63) is 18.5 Å². The minimum absolute atomic E-state index is 0.542. The van der Waals surface area contributed by atoms with Gasteiger partial charge in [-0.05, 0) is 19.9 Å². The maximum atomic E-state index is 9.33. The van der Waals surface area contributed by atoms with E-state index in [4.69, 9.17) is 0 Å². The lowest BCUT2D eigenvalue weighted by atomic mass is 10.1. The average Bonchev–Trinajstić information content (AvgIpc) is 2.41. The lowest BCUT2D eigenvalue weighted by molar-refractivity contribution is 0.0577. The largest absolute Gasteiger partial charge is 0.389 e. The first-order valence-corrected chi connectivity index (χ1v) is 4.28. The molecular weight excluding hydrogens is 152 g/mol. The fourth-order valence-electron chi connectivity index (χ4n) is 0.790. The Balaban J connectivity index is 0.000000561. The molecule has 0 aliphatic carbocycles. The maximum absolute atomic E-state index is 9.33. The lowest BCUT2D eigenvalue weighted by Gasteiger charge is -2.16. The van der Waals surface area contributed by atoms with E-state index in [1.807, 2.05) is 26.1 Å². The normalized spacial score (nSPS) is 10.4. The van der Waals surface area contributed by atoms with Gasteiger partial charge in [0.15, 0.2) is 0 Å². The number of nitrogens with zero attached hydrogens (tertiary/aromatic N) is 2. The van der Waals surface area contributed by atoms with Crippen LogP contribution >= 0.6 is 0 Å². The van der Waals surface area contributed by atoms with Crippen molar-refractivity contribution in [3.63, 3.8) is 0 Å². The molecular formula is C9H18N2O. The highest BCUT2D eigenvalue weighted by molar-refractivity contribution is 4.79. The molecule has 0 aromatic carbocycles. The third-order valence-corrected chi connectivity index (χ3v) is 1.11. The first-order valence-electron chi connectivity index (χ1n) is 4.28. The molecule has 1 aromatic rings. The summed E-state index contributed by atoms with van der Waals surface area (Å²) in [6.07, 6.45) is 3.53. The highest BCUT2D eigenvalue weighted by Gasteiger charge is 2.12. The molecule has 3 nitrogen and oxygen atoms in total. The summed E-state index contributed by atoms with van der Waals surface area (Å²) in [6.45, 7) is 8.06. The molecule has 0 radical (unpaired) electrons. The second kappa shape index (κ2) is 4.93. The summed E-state index contributed by atoms with van der Waals surface area (Å²) in [4.78, 5) is 0. The Labute approximate surface area is 74.0 Å². The van der Waals surface area contributed by atoms with Gasteiger partial charge in [-0.1, -0.05) is 13.8 Å². The van der Waals surface area contributed by atoms with Crippen LogP contribution in [0, 0.1) is 0 Å². The van der Waals surface area contributed by atoms with Gasteiger partial charge >= 0.3 is 0 Å². The van der Waals surface area contributed by atoms with E-state index >= 15 is 0 Å². The van der Waals surface area contributed by atoms with E-state index in [0.717, 1.165) is 0 Å². The second-order valence-electron chi connectivity index (χ2n) is 3.02. The predicted octanol–water partition coefficient (Wildman–Crippen LogP) is 1.68. The van der Waals surface area contributed by atoms with Gasteiger partial charge in [-0.25, -0.2) is 0 Å². The monoisotopic (exact) mass is 170 g/mol. The van der Waals surface area contributed by atoms with Gasteiger partial charge < -0.3 is 5.11 Å². The first-order chi connectivity index (χ1) is 5.58. The molecule has 0 aliphatic heterocycles. The van der Waals surface area contributed by atoms with Crippen LogP contribution in [-0.2, 0) is 6.54 Å². The molecule has 0 bridgehead atoms. The van der Waals surface area contributed by atoms with Crippen molar-refractivity contribution in [3.8, 4) is 0 Å². The van der Waals surface area contributed by atoms with Gasteiger partial charge in [-0.2, -0.15) is 5.10 Å². The van der Waals surface area contributed by atoms with Gasteiger partial charge in [-0.15, -0.1) is 0 Å². The molecule has 0 fully saturated rings. The topological polar surface area (TPSA) is 38.0 Å². The van der Waals surface area contributed by atoms with Crippen molar-refractivity contribution in [2.24, 2.45) is 0 Å². The Bertz CT molecular complexity index is 187. The summed E-state index contributed by atoms with van der Waals surface area (Å²) in [5.74, 6) is 0. The molecule has 0 aliphatic rings. The van der Waals surface area contributed by atoms with Crippen LogP contribution in [0.4, 0.5) is 0 Å². The summed E-state index contributed by atoms with van der Waals surface area (Å²) in [6, 6.07) is 1.84. The molecule has 1 N–H and O–H groups in total.